The Morgan fingerprint density at radius 3 is 1.19 bits per heavy atom. The first-order chi connectivity index (χ1) is 20.7. The van der Waals surface area contributed by atoms with E-state index in [1.165, 1.54) is 135 Å². The van der Waals surface area contributed by atoms with E-state index < -0.39 is 0 Å². The average Bonchev–Trinajstić information content (AvgIpc) is 3.80. The summed E-state index contributed by atoms with van der Waals surface area (Å²) < 4.78 is 5.65. The molecular weight excluding hydrogens is 585 g/mol. The van der Waals surface area contributed by atoms with Gasteiger partial charge in [-0.25, -0.2) is 0 Å². The molecule has 0 saturated heterocycles. The lowest BCUT2D eigenvalue weighted by Crippen LogP contribution is -1.80. The van der Waals surface area contributed by atoms with Gasteiger partial charge in [-0.2, -0.15) is 0 Å². The highest BCUT2D eigenvalue weighted by Gasteiger charge is 2.13. The van der Waals surface area contributed by atoms with Gasteiger partial charge in [0, 0.05) is 59.9 Å². The van der Waals surface area contributed by atoms with Crippen molar-refractivity contribution in [2.75, 3.05) is 0 Å². The Balaban J connectivity index is 1.13. The molecule has 0 spiro atoms. The molecule has 4 aromatic heterocycles. The minimum Gasteiger partial charge on any atom is -0.140 e. The molecule has 7 aromatic rings. The van der Waals surface area contributed by atoms with Crippen LogP contribution in [0.1, 0.15) is 75.0 Å². The van der Waals surface area contributed by atoms with Crippen LogP contribution in [0.15, 0.2) is 72.8 Å². The zero-order valence-corrected chi connectivity index (χ0v) is 27.9. The summed E-state index contributed by atoms with van der Waals surface area (Å²) in [4.78, 5) is 5.80. The van der Waals surface area contributed by atoms with Crippen LogP contribution in [0.3, 0.4) is 0 Å². The Kier molecular flexibility index (Phi) is 8.50. The van der Waals surface area contributed by atoms with Crippen molar-refractivity contribution in [3.63, 3.8) is 0 Å². The molecule has 0 atom stereocenters. The van der Waals surface area contributed by atoms with Crippen molar-refractivity contribution in [1.82, 2.24) is 0 Å². The summed E-state index contributed by atoms with van der Waals surface area (Å²) in [5, 5.41) is 5.72. The molecule has 0 unspecified atom stereocenters. The summed E-state index contributed by atoms with van der Waals surface area (Å²) in [6, 6.07) is 28.4. The van der Waals surface area contributed by atoms with Gasteiger partial charge in [0.25, 0.3) is 0 Å². The molecule has 0 radical (unpaired) electrons. The van der Waals surface area contributed by atoms with Gasteiger partial charge in [-0.05, 0) is 85.3 Å². The smallest absolute Gasteiger partial charge is 0.0356 e. The zero-order chi connectivity index (χ0) is 28.5. The number of benzene rings is 3. The fourth-order valence-electron chi connectivity index (χ4n) is 6.15. The van der Waals surface area contributed by atoms with Crippen LogP contribution in [0, 0.1) is 0 Å². The van der Waals surface area contributed by atoms with Crippen molar-refractivity contribution in [2.45, 2.75) is 78.1 Å². The lowest BCUT2D eigenvalue weighted by Gasteiger charge is -2.00. The van der Waals surface area contributed by atoms with Crippen molar-refractivity contribution in [3.05, 3.63) is 82.6 Å². The van der Waals surface area contributed by atoms with Crippen molar-refractivity contribution in [2.24, 2.45) is 0 Å². The van der Waals surface area contributed by atoms with Crippen LogP contribution in [0.4, 0.5) is 0 Å². The number of hydrogen-bond acceptors (Lipinski definition) is 4. The van der Waals surface area contributed by atoms with Gasteiger partial charge in [0.15, 0.2) is 0 Å². The minimum atomic E-state index is 1.22. The zero-order valence-electron chi connectivity index (χ0n) is 24.6. The first-order valence-electron chi connectivity index (χ1n) is 15.7. The third-order valence-electron chi connectivity index (χ3n) is 8.51. The van der Waals surface area contributed by atoms with E-state index in [0.29, 0.717) is 0 Å². The highest BCUT2D eigenvalue weighted by atomic mass is 32.1. The average molecular weight is 623 g/mol. The molecule has 0 aliphatic heterocycles. The molecule has 0 nitrogen and oxygen atoms in total. The molecule has 7 rings (SSSR count). The third kappa shape index (κ3) is 5.71. The third-order valence-corrected chi connectivity index (χ3v) is 13.1. The van der Waals surface area contributed by atoms with Crippen LogP contribution >= 0.6 is 45.3 Å². The topological polar surface area (TPSA) is 0 Å². The number of fused-ring (bicyclic) bond motifs is 6. The monoisotopic (exact) mass is 622 g/mol. The summed E-state index contributed by atoms with van der Waals surface area (Å²) in [5.74, 6) is 0. The van der Waals surface area contributed by atoms with Crippen LogP contribution in [0.5, 0.6) is 0 Å². The van der Waals surface area contributed by atoms with E-state index in [0.717, 1.165) is 0 Å². The van der Waals surface area contributed by atoms with Gasteiger partial charge >= 0.3 is 0 Å². The van der Waals surface area contributed by atoms with Crippen LogP contribution in [0.2, 0.25) is 0 Å². The maximum absolute atomic E-state index is 2.47. The predicted molar refractivity (Wildman–Crippen MR) is 195 cm³/mol. The van der Waals surface area contributed by atoms with E-state index in [1.807, 2.05) is 45.3 Å². The van der Waals surface area contributed by atoms with E-state index in [1.54, 1.807) is 0 Å². The molecule has 42 heavy (non-hydrogen) atoms. The van der Waals surface area contributed by atoms with Crippen LogP contribution < -0.4 is 0 Å². The summed E-state index contributed by atoms with van der Waals surface area (Å²) in [7, 11) is 0. The molecular formula is C38H38S4. The first kappa shape index (κ1) is 28.3. The van der Waals surface area contributed by atoms with Gasteiger partial charge in [0.05, 0.1) is 0 Å². The number of hydrogen-bond donors (Lipinski definition) is 0. The molecule has 0 amide bonds. The molecule has 3 aromatic carbocycles. The second-order valence-corrected chi connectivity index (χ2v) is 16.1. The normalized spacial score (nSPS) is 12.0. The Bertz CT molecular complexity index is 1810. The fourth-order valence-corrected chi connectivity index (χ4v) is 10.6. The van der Waals surface area contributed by atoms with Gasteiger partial charge in [-0.1, -0.05) is 76.6 Å². The Morgan fingerprint density at radius 2 is 0.786 bits per heavy atom. The van der Waals surface area contributed by atoms with Gasteiger partial charge in [-0.3, -0.25) is 0 Å². The largest absolute Gasteiger partial charge is 0.140 e. The second-order valence-electron chi connectivity index (χ2n) is 11.6. The maximum atomic E-state index is 2.47. The number of aryl methyl sites for hydroxylation is 2. The number of unbranched alkanes of at least 4 members (excludes halogenated alkanes) is 6. The number of thiophene rings is 4. The fraction of sp³-hybridized carbons (Fsp3) is 0.316. The summed E-state index contributed by atoms with van der Waals surface area (Å²) in [6.45, 7) is 4.57. The molecule has 4 heterocycles. The van der Waals surface area contributed by atoms with E-state index in [2.05, 4.69) is 86.6 Å². The summed E-state index contributed by atoms with van der Waals surface area (Å²) >= 11 is 7.83. The van der Waals surface area contributed by atoms with E-state index >= 15 is 0 Å². The van der Waals surface area contributed by atoms with Crippen LogP contribution in [-0.2, 0) is 12.8 Å². The first-order valence-corrected chi connectivity index (χ1v) is 19.0. The van der Waals surface area contributed by atoms with Gasteiger partial charge in [-0.15, -0.1) is 45.3 Å². The molecule has 4 heteroatoms. The lowest BCUT2D eigenvalue weighted by molar-refractivity contribution is 0.670. The molecule has 0 bridgehead atoms. The Hall–Kier alpha value is -2.50. The standard InChI is InChI=1S/C38H38S4/c1-3-5-7-9-11-27-21-29-31-23-37(41-35(31)19-17-33(29)39-27)25-13-15-26(16-14-25)38-24-32-30-22-28(12-10-8-6-4-2)40-34(30)18-20-36(32)42-38/h13-24H,3-12H2,1-2H3. The summed E-state index contributed by atoms with van der Waals surface area (Å²) in [5.41, 5.74) is 2.63. The molecule has 0 fully saturated rings. The SMILES string of the molecule is CCCCCCc1cc2c(ccc3sc(-c4ccc(-c5cc6c(ccc7sc(CCCCCC)cc76)s5)cc4)cc32)s1. The van der Waals surface area contributed by atoms with Crippen molar-refractivity contribution in [1.29, 1.82) is 0 Å². The highest BCUT2D eigenvalue weighted by molar-refractivity contribution is 7.23. The molecule has 0 saturated carbocycles. The van der Waals surface area contributed by atoms with E-state index in [9.17, 15) is 0 Å². The molecule has 0 N–H and O–H groups in total. The molecule has 0 aliphatic carbocycles. The molecule has 0 aliphatic rings. The van der Waals surface area contributed by atoms with Crippen LogP contribution in [0.25, 0.3) is 61.2 Å². The number of rotatable bonds is 12. The Labute approximate surface area is 265 Å². The highest BCUT2D eigenvalue weighted by Crippen LogP contribution is 2.43. The van der Waals surface area contributed by atoms with E-state index in [-0.39, 0.29) is 0 Å². The quantitative estimate of drug-likeness (QED) is 0.119. The predicted octanol–water partition coefficient (Wildman–Crippen LogP) is 14.1. The minimum absolute atomic E-state index is 1.22. The second kappa shape index (κ2) is 12.6. The van der Waals surface area contributed by atoms with Gasteiger partial charge in [0.1, 0.15) is 0 Å². The van der Waals surface area contributed by atoms with Crippen molar-refractivity contribution in [3.8, 4) is 20.9 Å². The van der Waals surface area contributed by atoms with Crippen molar-refractivity contribution < 1.29 is 0 Å². The maximum Gasteiger partial charge on any atom is 0.0356 e. The van der Waals surface area contributed by atoms with Gasteiger partial charge in [0.2, 0.25) is 0 Å². The Morgan fingerprint density at radius 1 is 0.405 bits per heavy atom. The van der Waals surface area contributed by atoms with Crippen LogP contribution in [-0.4, -0.2) is 0 Å². The van der Waals surface area contributed by atoms with Gasteiger partial charge < -0.3 is 0 Å². The lowest BCUT2D eigenvalue weighted by atomic mass is 10.1. The molecule has 214 valence electrons. The van der Waals surface area contributed by atoms with E-state index in [4.69, 9.17) is 0 Å². The van der Waals surface area contributed by atoms with Crippen molar-refractivity contribution >= 4 is 85.7 Å². The summed E-state index contributed by atoms with van der Waals surface area (Å²) in [6.07, 6.45) is 13.0.